The fourth-order valence-electron chi connectivity index (χ4n) is 2.84. The molecule has 0 unspecified atom stereocenters. The van der Waals surface area contributed by atoms with Crippen LogP contribution in [0.3, 0.4) is 0 Å². The Hall–Kier alpha value is -1.25. The fourth-order valence-corrected chi connectivity index (χ4v) is 2.84. The van der Waals surface area contributed by atoms with E-state index in [4.69, 9.17) is 9.15 Å². The Morgan fingerprint density at radius 1 is 1.44 bits per heavy atom. The van der Waals surface area contributed by atoms with E-state index in [0.717, 1.165) is 12.8 Å². The number of carbonyl (C=O) groups is 1. The second kappa shape index (κ2) is 5.59. The number of hydrogen-bond donors (Lipinski definition) is 0. The largest absolute Gasteiger partial charge is 0.457 e. The highest BCUT2D eigenvalue weighted by Crippen LogP contribution is 2.35. The van der Waals surface area contributed by atoms with Crippen LogP contribution in [0, 0.1) is 17.8 Å². The predicted octanol–water partition coefficient (Wildman–Crippen LogP) is 3.90. The van der Waals surface area contributed by atoms with Crippen LogP contribution in [0.2, 0.25) is 0 Å². The first kappa shape index (κ1) is 13.2. The molecular formula is C15H22O3. The molecule has 2 rings (SSSR count). The van der Waals surface area contributed by atoms with Gasteiger partial charge in [-0.05, 0) is 42.7 Å². The summed E-state index contributed by atoms with van der Waals surface area (Å²) in [6, 6.07) is 3.36. The van der Waals surface area contributed by atoms with Crippen LogP contribution >= 0.6 is 0 Å². The van der Waals surface area contributed by atoms with Crippen molar-refractivity contribution in [1.29, 1.82) is 0 Å². The molecule has 1 aliphatic rings. The summed E-state index contributed by atoms with van der Waals surface area (Å²) in [6.45, 7) is 6.63. The van der Waals surface area contributed by atoms with Gasteiger partial charge in [0.05, 0.1) is 6.26 Å². The first-order chi connectivity index (χ1) is 8.58. The van der Waals surface area contributed by atoms with E-state index in [-0.39, 0.29) is 12.1 Å². The van der Waals surface area contributed by atoms with Crippen molar-refractivity contribution in [2.75, 3.05) is 0 Å². The molecule has 1 heterocycles. The molecule has 1 aromatic heterocycles. The Kier molecular flexibility index (Phi) is 4.10. The van der Waals surface area contributed by atoms with Crippen LogP contribution in [-0.2, 0) is 4.74 Å². The van der Waals surface area contributed by atoms with Gasteiger partial charge in [0.2, 0.25) is 5.76 Å². The van der Waals surface area contributed by atoms with Gasteiger partial charge in [-0.2, -0.15) is 0 Å². The van der Waals surface area contributed by atoms with Gasteiger partial charge in [0, 0.05) is 0 Å². The molecule has 0 radical (unpaired) electrons. The van der Waals surface area contributed by atoms with Gasteiger partial charge in [-0.25, -0.2) is 4.79 Å². The average molecular weight is 250 g/mol. The van der Waals surface area contributed by atoms with Crippen molar-refractivity contribution in [3.05, 3.63) is 24.2 Å². The molecule has 0 bridgehead atoms. The summed E-state index contributed by atoms with van der Waals surface area (Å²) in [5.74, 6) is 1.63. The molecule has 1 saturated carbocycles. The summed E-state index contributed by atoms with van der Waals surface area (Å²) in [5, 5.41) is 0. The monoisotopic (exact) mass is 250 g/mol. The zero-order valence-corrected chi connectivity index (χ0v) is 11.4. The second-order valence-electron chi connectivity index (χ2n) is 5.75. The van der Waals surface area contributed by atoms with Gasteiger partial charge in [0.15, 0.2) is 0 Å². The molecule has 1 aromatic rings. The highest BCUT2D eigenvalue weighted by Gasteiger charge is 2.33. The minimum Gasteiger partial charge on any atom is -0.457 e. The quantitative estimate of drug-likeness (QED) is 0.764. The molecule has 0 saturated heterocycles. The minimum atomic E-state index is -0.329. The Morgan fingerprint density at radius 2 is 2.22 bits per heavy atom. The lowest BCUT2D eigenvalue weighted by molar-refractivity contribution is -0.0198. The lowest BCUT2D eigenvalue weighted by Gasteiger charge is -2.36. The van der Waals surface area contributed by atoms with E-state index in [1.54, 1.807) is 12.1 Å². The summed E-state index contributed by atoms with van der Waals surface area (Å²) in [7, 11) is 0. The third-order valence-corrected chi connectivity index (χ3v) is 3.94. The maximum Gasteiger partial charge on any atom is 0.374 e. The van der Waals surface area contributed by atoms with Crippen molar-refractivity contribution in [3.63, 3.8) is 0 Å². The van der Waals surface area contributed by atoms with Gasteiger partial charge in [0.25, 0.3) is 0 Å². The highest BCUT2D eigenvalue weighted by atomic mass is 16.6. The molecule has 0 spiro atoms. The van der Waals surface area contributed by atoms with E-state index in [2.05, 4.69) is 20.8 Å². The van der Waals surface area contributed by atoms with Gasteiger partial charge >= 0.3 is 5.97 Å². The molecule has 1 aliphatic carbocycles. The molecular weight excluding hydrogens is 228 g/mol. The molecule has 0 aromatic carbocycles. The molecule has 0 amide bonds. The zero-order chi connectivity index (χ0) is 13.1. The van der Waals surface area contributed by atoms with Gasteiger partial charge in [-0.1, -0.05) is 27.2 Å². The first-order valence-corrected chi connectivity index (χ1v) is 6.82. The van der Waals surface area contributed by atoms with Gasteiger partial charge in [0.1, 0.15) is 6.10 Å². The standard InChI is InChI=1S/C15H22O3/c1-10(2)12-7-6-11(3)9-14(12)18-15(16)13-5-4-8-17-13/h4-5,8,10-12,14H,6-7,9H2,1-3H3/t11-,12+,14+/m0/s1. The van der Waals surface area contributed by atoms with E-state index in [1.165, 1.54) is 12.7 Å². The number of rotatable bonds is 3. The zero-order valence-electron chi connectivity index (χ0n) is 11.4. The molecule has 100 valence electrons. The Balaban J connectivity index is 2.02. The Bertz CT molecular complexity index is 380. The van der Waals surface area contributed by atoms with Crippen LogP contribution in [0.25, 0.3) is 0 Å². The topological polar surface area (TPSA) is 39.4 Å². The van der Waals surface area contributed by atoms with Crippen molar-refractivity contribution in [1.82, 2.24) is 0 Å². The fraction of sp³-hybridized carbons (Fsp3) is 0.667. The average Bonchev–Trinajstić information content (AvgIpc) is 2.81. The lowest BCUT2D eigenvalue weighted by Crippen LogP contribution is -2.35. The van der Waals surface area contributed by atoms with Crippen molar-refractivity contribution in [3.8, 4) is 0 Å². The minimum absolute atomic E-state index is 0.0337. The number of carbonyl (C=O) groups excluding carboxylic acids is 1. The van der Waals surface area contributed by atoms with E-state index in [9.17, 15) is 4.79 Å². The van der Waals surface area contributed by atoms with Crippen LogP contribution < -0.4 is 0 Å². The maximum absolute atomic E-state index is 11.9. The number of hydrogen-bond acceptors (Lipinski definition) is 3. The van der Waals surface area contributed by atoms with Crippen molar-refractivity contribution >= 4 is 5.97 Å². The highest BCUT2D eigenvalue weighted by molar-refractivity contribution is 5.86. The van der Waals surface area contributed by atoms with Crippen molar-refractivity contribution in [2.45, 2.75) is 46.1 Å². The molecule has 3 nitrogen and oxygen atoms in total. The SMILES string of the molecule is CC(C)[C@H]1CC[C@H](C)C[C@H]1OC(=O)c1ccco1. The van der Waals surface area contributed by atoms with Crippen molar-refractivity contribution in [2.24, 2.45) is 17.8 Å². The lowest BCUT2D eigenvalue weighted by atomic mass is 9.75. The summed E-state index contributed by atoms with van der Waals surface area (Å²) in [5.41, 5.74) is 0. The molecule has 0 aliphatic heterocycles. The normalized spacial score (nSPS) is 28.3. The summed E-state index contributed by atoms with van der Waals surface area (Å²) >= 11 is 0. The molecule has 18 heavy (non-hydrogen) atoms. The van der Waals surface area contributed by atoms with Crippen LogP contribution in [0.15, 0.2) is 22.8 Å². The predicted molar refractivity (Wildman–Crippen MR) is 69.3 cm³/mol. The summed E-state index contributed by atoms with van der Waals surface area (Å²) < 4.78 is 10.7. The Labute approximate surface area is 109 Å². The van der Waals surface area contributed by atoms with Crippen LogP contribution in [0.5, 0.6) is 0 Å². The first-order valence-electron chi connectivity index (χ1n) is 6.82. The number of furan rings is 1. The molecule has 0 N–H and O–H groups in total. The summed E-state index contributed by atoms with van der Waals surface area (Å²) in [4.78, 5) is 11.9. The van der Waals surface area contributed by atoms with Crippen molar-refractivity contribution < 1.29 is 13.9 Å². The second-order valence-corrected chi connectivity index (χ2v) is 5.75. The molecule has 3 heteroatoms. The van der Waals surface area contributed by atoms with E-state index >= 15 is 0 Å². The van der Waals surface area contributed by atoms with Crippen LogP contribution in [0.4, 0.5) is 0 Å². The van der Waals surface area contributed by atoms with E-state index in [0.29, 0.717) is 23.5 Å². The molecule has 3 atom stereocenters. The smallest absolute Gasteiger partial charge is 0.374 e. The van der Waals surface area contributed by atoms with Gasteiger partial charge in [-0.3, -0.25) is 0 Å². The van der Waals surface area contributed by atoms with E-state index < -0.39 is 0 Å². The Morgan fingerprint density at radius 3 is 2.83 bits per heavy atom. The summed E-state index contributed by atoms with van der Waals surface area (Å²) in [6.07, 6.45) is 4.88. The number of esters is 1. The third kappa shape index (κ3) is 2.95. The maximum atomic E-state index is 11.9. The van der Waals surface area contributed by atoms with Crippen LogP contribution in [0.1, 0.15) is 50.6 Å². The van der Waals surface area contributed by atoms with E-state index in [1.807, 2.05) is 0 Å². The van der Waals surface area contributed by atoms with Gasteiger partial charge in [-0.15, -0.1) is 0 Å². The van der Waals surface area contributed by atoms with Gasteiger partial charge < -0.3 is 9.15 Å². The third-order valence-electron chi connectivity index (χ3n) is 3.94. The number of ether oxygens (including phenoxy) is 1. The van der Waals surface area contributed by atoms with Crippen LogP contribution in [-0.4, -0.2) is 12.1 Å². The molecule has 1 fully saturated rings.